The summed E-state index contributed by atoms with van der Waals surface area (Å²) in [5, 5.41) is 2.13. The molecule has 4 rings (SSSR count). The number of benzene rings is 2. The Hall–Kier alpha value is -3.28. The van der Waals surface area contributed by atoms with Crippen LogP contribution in [0.25, 0.3) is 10.8 Å². The van der Waals surface area contributed by atoms with Crippen LogP contribution in [0.4, 0.5) is 0 Å². The van der Waals surface area contributed by atoms with Crippen molar-refractivity contribution in [1.82, 2.24) is 9.47 Å². The Morgan fingerprint density at radius 1 is 1.13 bits per heavy atom. The fourth-order valence-corrected chi connectivity index (χ4v) is 4.19. The number of methoxy groups -OCH3 is 1. The first kappa shape index (κ1) is 20.0. The van der Waals surface area contributed by atoms with Crippen LogP contribution in [0.2, 0.25) is 0 Å². The number of carbonyl (C=O) groups is 1. The number of hydrogen-bond donors (Lipinski definition) is 0. The molecule has 1 atom stereocenters. The maximum atomic E-state index is 13.0. The van der Waals surface area contributed by atoms with Crippen LogP contribution in [0.3, 0.4) is 0 Å². The number of fused-ring (bicyclic) bond motifs is 1. The molecule has 1 aliphatic rings. The van der Waals surface area contributed by atoms with Crippen molar-refractivity contribution in [2.75, 3.05) is 20.3 Å². The minimum Gasteiger partial charge on any atom is -0.496 e. The molecular weight excluding hydrogens is 380 g/mol. The molecule has 0 N–H and O–H groups in total. The van der Waals surface area contributed by atoms with Gasteiger partial charge in [0, 0.05) is 36.9 Å². The fourth-order valence-electron chi connectivity index (χ4n) is 4.19. The van der Waals surface area contributed by atoms with Crippen molar-refractivity contribution in [3.63, 3.8) is 0 Å². The van der Waals surface area contributed by atoms with Gasteiger partial charge < -0.3 is 18.9 Å². The lowest BCUT2D eigenvalue weighted by Crippen LogP contribution is -2.35. The van der Waals surface area contributed by atoms with E-state index in [4.69, 9.17) is 9.47 Å². The molecule has 0 radical (unpaired) electrons. The molecule has 1 aromatic heterocycles. The molecule has 30 heavy (non-hydrogen) atoms. The number of amides is 1. The van der Waals surface area contributed by atoms with Crippen LogP contribution >= 0.6 is 0 Å². The smallest absolute Gasteiger partial charge is 0.261 e. The van der Waals surface area contributed by atoms with E-state index < -0.39 is 0 Å². The summed E-state index contributed by atoms with van der Waals surface area (Å²) in [7, 11) is 3.51. The topological polar surface area (TPSA) is 60.8 Å². The molecule has 0 unspecified atom stereocenters. The van der Waals surface area contributed by atoms with E-state index in [0.717, 1.165) is 40.6 Å². The molecule has 0 aliphatic carbocycles. The third-order valence-corrected chi connectivity index (χ3v) is 5.87. The second-order valence-corrected chi connectivity index (χ2v) is 7.69. The highest BCUT2D eigenvalue weighted by molar-refractivity contribution is 5.92. The lowest BCUT2D eigenvalue weighted by atomic mass is 9.96. The lowest BCUT2D eigenvalue weighted by molar-refractivity contribution is -0.134. The second kappa shape index (κ2) is 8.22. The first-order valence-corrected chi connectivity index (χ1v) is 10.1. The number of rotatable bonds is 5. The van der Waals surface area contributed by atoms with Gasteiger partial charge in [0.15, 0.2) is 12.4 Å². The van der Waals surface area contributed by atoms with Crippen molar-refractivity contribution < 1.29 is 14.3 Å². The van der Waals surface area contributed by atoms with Gasteiger partial charge in [-0.2, -0.15) is 0 Å². The summed E-state index contributed by atoms with van der Waals surface area (Å²) in [6.45, 7) is 2.38. The number of carbonyl (C=O) groups excluding carboxylic acids is 1. The van der Waals surface area contributed by atoms with Crippen LogP contribution in [-0.4, -0.2) is 35.6 Å². The monoisotopic (exact) mass is 406 g/mol. The van der Waals surface area contributed by atoms with Crippen molar-refractivity contribution in [3.05, 3.63) is 70.1 Å². The molecule has 1 amide bonds. The number of ether oxygens (including phenoxy) is 2. The second-order valence-electron chi connectivity index (χ2n) is 7.69. The number of pyridine rings is 1. The zero-order valence-electron chi connectivity index (χ0n) is 17.6. The highest BCUT2D eigenvalue weighted by Gasteiger charge is 2.31. The molecule has 1 aliphatic heterocycles. The molecule has 2 aromatic carbocycles. The van der Waals surface area contributed by atoms with Crippen molar-refractivity contribution in [3.8, 4) is 11.5 Å². The number of hydrogen-bond acceptors (Lipinski definition) is 4. The fraction of sp³-hybridized carbons (Fsp3) is 0.333. The molecule has 2 heterocycles. The van der Waals surface area contributed by atoms with E-state index in [1.807, 2.05) is 53.8 Å². The van der Waals surface area contributed by atoms with Gasteiger partial charge in [0.2, 0.25) is 5.43 Å². The minimum atomic E-state index is -0.211. The van der Waals surface area contributed by atoms with Gasteiger partial charge in [-0.1, -0.05) is 30.3 Å². The zero-order valence-corrected chi connectivity index (χ0v) is 17.6. The van der Waals surface area contributed by atoms with Gasteiger partial charge in [-0.25, -0.2) is 0 Å². The molecule has 156 valence electrons. The van der Waals surface area contributed by atoms with Crippen LogP contribution in [0.5, 0.6) is 11.5 Å². The first-order valence-electron chi connectivity index (χ1n) is 10.1. The Balaban J connectivity index is 1.57. The Morgan fingerprint density at radius 2 is 1.90 bits per heavy atom. The van der Waals surface area contributed by atoms with Crippen LogP contribution in [-0.2, 0) is 11.8 Å². The number of likely N-dealkylation sites (tertiary alicyclic amines) is 1. The molecule has 6 nitrogen and oxygen atoms in total. The predicted molar refractivity (Wildman–Crippen MR) is 116 cm³/mol. The number of nitrogens with zero attached hydrogens (tertiary/aromatic N) is 2. The van der Waals surface area contributed by atoms with Gasteiger partial charge in [0.25, 0.3) is 5.91 Å². The highest BCUT2D eigenvalue weighted by atomic mass is 16.5. The quantitative estimate of drug-likeness (QED) is 0.650. The summed E-state index contributed by atoms with van der Waals surface area (Å²) in [5.41, 5.74) is 1.74. The molecular formula is C24H26N2O4. The highest BCUT2D eigenvalue weighted by Crippen LogP contribution is 2.38. The third-order valence-electron chi connectivity index (χ3n) is 5.87. The molecule has 0 bridgehead atoms. The maximum Gasteiger partial charge on any atom is 0.261 e. The molecule has 3 aromatic rings. The standard InChI is InChI=1S/C24H26N2O4/c1-16-13-21(27)23(14-25(16)2)30-15-24(28)26-12-6-9-20(26)18-10-11-22(29-3)19-8-5-4-7-17(18)19/h4-5,7-8,10-11,13-14,20H,6,9,12,15H2,1-3H3/t20-/m1/s1. The van der Waals surface area contributed by atoms with Gasteiger partial charge in [-0.05, 0) is 36.8 Å². The first-order chi connectivity index (χ1) is 14.5. The Labute approximate surface area is 175 Å². The zero-order chi connectivity index (χ0) is 21.3. The Bertz CT molecular complexity index is 1150. The molecule has 1 saturated heterocycles. The summed E-state index contributed by atoms with van der Waals surface area (Å²) in [5.74, 6) is 0.908. The van der Waals surface area contributed by atoms with Crippen molar-refractivity contribution in [2.24, 2.45) is 7.05 Å². The third kappa shape index (κ3) is 3.65. The van der Waals surface area contributed by atoms with E-state index in [1.165, 1.54) is 6.07 Å². The summed E-state index contributed by atoms with van der Waals surface area (Å²) in [4.78, 5) is 27.0. The van der Waals surface area contributed by atoms with Gasteiger partial charge in [-0.15, -0.1) is 0 Å². The van der Waals surface area contributed by atoms with E-state index in [2.05, 4.69) is 6.07 Å². The average molecular weight is 406 g/mol. The predicted octanol–water partition coefficient (Wildman–Crippen LogP) is 3.60. The van der Waals surface area contributed by atoms with Gasteiger partial charge in [0.1, 0.15) is 5.75 Å². The molecule has 1 fully saturated rings. The summed E-state index contributed by atoms with van der Waals surface area (Å²) < 4.78 is 12.9. The SMILES string of the molecule is COc1ccc([C@H]2CCCN2C(=O)COc2cn(C)c(C)cc2=O)c2ccccc12. The normalized spacial score (nSPS) is 16.1. The van der Waals surface area contributed by atoms with E-state index >= 15 is 0 Å². The average Bonchev–Trinajstić information content (AvgIpc) is 3.24. The molecule has 0 saturated carbocycles. The lowest BCUT2D eigenvalue weighted by Gasteiger charge is -2.26. The van der Waals surface area contributed by atoms with Gasteiger partial charge in [-0.3, -0.25) is 9.59 Å². The Kier molecular flexibility index (Phi) is 5.48. The van der Waals surface area contributed by atoms with E-state index in [-0.39, 0.29) is 29.7 Å². The van der Waals surface area contributed by atoms with Crippen LogP contribution in [0.1, 0.15) is 30.1 Å². The van der Waals surface area contributed by atoms with Crippen LogP contribution < -0.4 is 14.9 Å². The summed E-state index contributed by atoms with van der Waals surface area (Å²) in [6.07, 6.45) is 3.46. The van der Waals surface area contributed by atoms with Crippen molar-refractivity contribution in [1.29, 1.82) is 0 Å². The molecule has 0 spiro atoms. The number of aromatic nitrogens is 1. The largest absolute Gasteiger partial charge is 0.496 e. The Morgan fingerprint density at radius 3 is 2.67 bits per heavy atom. The van der Waals surface area contributed by atoms with Crippen LogP contribution in [0.15, 0.2) is 53.5 Å². The van der Waals surface area contributed by atoms with Crippen LogP contribution in [0, 0.1) is 6.92 Å². The van der Waals surface area contributed by atoms with Crippen molar-refractivity contribution in [2.45, 2.75) is 25.8 Å². The maximum absolute atomic E-state index is 13.0. The van der Waals surface area contributed by atoms with Gasteiger partial charge >= 0.3 is 0 Å². The molecule has 6 heteroatoms. The minimum absolute atomic E-state index is 0.0160. The van der Waals surface area contributed by atoms with E-state index in [9.17, 15) is 9.59 Å². The summed E-state index contributed by atoms with van der Waals surface area (Å²) in [6, 6.07) is 13.6. The number of aryl methyl sites for hydroxylation is 2. The summed E-state index contributed by atoms with van der Waals surface area (Å²) >= 11 is 0. The van der Waals surface area contributed by atoms with Gasteiger partial charge in [0.05, 0.1) is 13.2 Å². The van der Waals surface area contributed by atoms with E-state index in [0.29, 0.717) is 6.54 Å². The van der Waals surface area contributed by atoms with E-state index in [1.54, 1.807) is 13.3 Å². The van der Waals surface area contributed by atoms with Crippen molar-refractivity contribution >= 4 is 16.7 Å².